The van der Waals surface area contributed by atoms with Crippen LogP contribution in [-0.4, -0.2) is 28.3 Å². The van der Waals surface area contributed by atoms with E-state index in [0.29, 0.717) is 10.7 Å². The zero-order valence-corrected chi connectivity index (χ0v) is 11.7. The van der Waals surface area contributed by atoms with Crippen LogP contribution in [0.25, 0.3) is 0 Å². The smallest absolute Gasteiger partial charge is 0.358 e. The monoisotopic (exact) mass is 335 g/mol. The molecule has 0 saturated heterocycles. The Kier molecular flexibility index (Phi) is 3.82. The molecule has 1 unspecified atom stereocenters. The number of carbonyl (C=O) groups is 1. The highest BCUT2D eigenvalue weighted by atomic mass is 79.9. The predicted octanol–water partition coefficient (Wildman–Crippen LogP) is 0.934. The first-order chi connectivity index (χ1) is 8.10. The molecular weight excluding hydrogens is 330 g/mol. The Morgan fingerprint density at radius 2 is 2.47 bits per heavy atom. The molecule has 0 aliphatic carbocycles. The average Bonchev–Trinajstić information content (AvgIpc) is 2.74. The van der Waals surface area contributed by atoms with Crippen molar-refractivity contribution in [1.82, 2.24) is 9.71 Å². The van der Waals surface area contributed by atoms with Gasteiger partial charge in [0.1, 0.15) is 5.01 Å². The van der Waals surface area contributed by atoms with Crippen LogP contribution in [0.4, 0.5) is 0 Å². The van der Waals surface area contributed by atoms with Gasteiger partial charge >= 0.3 is 5.97 Å². The van der Waals surface area contributed by atoms with E-state index >= 15 is 0 Å². The highest BCUT2D eigenvalue weighted by molar-refractivity contribution is 9.11. The number of thiazole rings is 1. The maximum atomic E-state index is 11.4. The number of hydrogen-bond acceptors (Lipinski definition) is 7. The number of carbonyl (C=O) groups excluding carboxylic acids is 1. The number of ether oxygens (including phenoxy) is 1. The fourth-order valence-electron chi connectivity index (χ4n) is 1.08. The molecule has 1 aromatic heterocycles. The van der Waals surface area contributed by atoms with Crippen LogP contribution < -0.4 is 4.72 Å². The van der Waals surface area contributed by atoms with Gasteiger partial charge in [0.2, 0.25) is 11.5 Å². The Morgan fingerprint density at radius 3 is 3.06 bits per heavy atom. The van der Waals surface area contributed by atoms with E-state index in [1.807, 2.05) is 0 Å². The standard InChI is InChI=1S/C8H6BrN3O3S2/c1-15-8(13)5-2-4(11-17(14)12-5)7-10-3-6(9)16-7/h2-3,12H,1H3. The molecule has 0 spiro atoms. The van der Waals surface area contributed by atoms with Gasteiger partial charge in [0.25, 0.3) is 0 Å². The minimum atomic E-state index is -1.69. The number of esters is 1. The fraction of sp³-hybridized carbons (Fsp3) is 0.125. The Morgan fingerprint density at radius 1 is 1.71 bits per heavy atom. The lowest BCUT2D eigenvalue weighted by Gasteiger charge is -2.12. The van der Waals surface area contributed by atoms with Crippen LogP contribution >= 0.6 is 27.3 Å². The summed E-state index contributed by atoms with van der Waals surface area (Å²) in [5.41, 5.74) is 0.486. The van der Waals surface area contributed by atoms with Gasteiger partial charge in [0.15, 0.2) is 11.4 Å². The molecule has 1 aliphatic heterocycles. The summed E-state index contributed by atoms with van der Waals surface area (Å²) in [7, 11) is 1.25. The van der Waals surface area contributed by atoms with Crippen molar-refractivity contribution < 1.29 is 14.1 Å². The molecule has 1 atom stereocenters. The average molecular weight is 336 g/mol. The molecule has 1 aliphatic rings. The van der Waals surface area contributed by atoms with Crippen molar-refractivity contribution >= 4 is 50.5 Å². The molecule has 90 valence electrons. The van der Waals surface area contributed by atoms with Crippen molar-refractivity contribution in [3.8, 4) is 0 Å². The lowest BCUT2D eigenvalue weighted by Crippen LogP contribution is -2.31. The third-order valence-corrected chi connectivity index (χ3v) is 4.02. The summed E-state index contributed by atoms with van der Waals surface area (Å²) >= 11 is 2.91. The van der Waals surface area contributed by atoms with E-state index in [2.05, 4.69) is 34.8 Å². The number of methoxy groups -OCH3 is 1. The second-order valence-corrected chi connectivity index (χ2v) is 6.14. The van der Waals surface area contributed by atoms with E-state index < -0.39 is 17.5 Å². The molecule has 2 rings (SSSR count). The number of rotatable bonds is 2. The molecule has 0 saturated carbocycles. The second kappa shape index (κ2) is 5.17. The lowest BCUT2D eigenvalue weighted by atomic mass is 10.3. The first-order valence-corrected chi connectivity index (χ1v) is 7.00. The van der Waals surface area contributed by atoms with Gasteiger partial charge in [-0.15, -0.1) is 11.3 Å². The summed E-state index contributed by atoms with van der Waals surface area (Å²) in [5.74, 6) is -0.596. The van der Waals surface area contributed by atoms with Crippen LogP contribution in [-0.2, 0) is 21.1 Å². The Labute approximate surface area is 112 Å². The van der Waals surface area contributed by atoms with Gasteiger partial charge in [-0.1, -0.05) is 0 Å². The van der Waals surface area contributed by atoms with E-state index in [1.54, 1.807) is 6.20 Å². The van der Waals surface area contributed by atoms with Crippen LogP contribution in [0.15, 0.2) is 26.2 Å². The summed E-state index contributed by atoms with van der Waals surface area (Å²) in [6, 6.07) is 0. The minimum Gasteiger partial charge on any atom is -0.567 e. The second-order valence-electron chi connectivity index (χ2n) is 2.85. The van der Waals surface area contributed by atoms with Crippen molar-refractivity contribution in [3.63, 3.8) is 0 Å². The molecule has 1 N–H and O–H groups in total. The van der Waals surface area contributed by atoms with Gasteiger partial charge in [0, 0.05) is 6.08 Å². The lowest BCUT2D eigenvalue weighted by molar-refractivity contribution is -0.136. The molecule has 9 heteroatoms. The van der Waals surface area contributed by atoms with Crippen molar-refractivity contribution in [2.45, 2.75) is 0 Å². The predicted molar refractivity (Wildman–Crippen MR) is 67.7 cm³/mol. The van der Waals surface area contributed by atoms with Crippen LogP contribution in [0, 0.1) is 0 Å². The van der Waals surface area contributed by atoms with Gasteiger partial charge in [-0.2, -0.15) is 4.72 Å². The molecule has 0 aromatic carbocycles. The van der Waals surface area contributed by atoms with Crippen LogP contribution in [0.3, 0.4) is 0 Å². The fourth-order valence-corrected chi connectivity index (χ4v) is 3.00. The molecule has 0 fully saturated rings. The SMILES string of the molecule is COC(=O)C1=CC(c2ncc(Br)s2)=N[S+]([O-])N1. The summed E-state index contributed by atoms with van der Waals surface area (Å²) in [6.45, 7) is 0. The number of allylic oxidation sites excluding steroid dienone is 1. The van der Waals surface area contributed by atoms with Crippen molar-refractivity contribution in [3.05, 3.63) is 26.8 Å². The zero-order valence-electron chi connectivity index (χ0n) is 8.47. The highest BCUT2D eigenvalue weighted by Gasteiger charge is 2.25. The topological polar surface area (TPSA) is 86.6 Å². The number of nitrogens with zero attached hydrogens (tertiary/aromatic N) is 2. The van der Waals surface area contributed by atoms with Gasteiger partial charge < -0.3 is 9.29 Å². The summed E-state index contributed by atoms with van der Waals surface area (Å²) in [4.78, 5) is 15.4. The molecule has 1 aromatic rings. The van der Waals surface area contributed by atoms with Crippen molar-refractivity contribution in [1.29, 1.82) is 0 Å². The van der Waals surface area contributed by atoms with Gasteiger partial charge in [-0.25, -0.2) is 9.78 Å². The van der Waals surface area contributed by atoms with E-state index in [0.717, 1.165) is 3.79 Å². The van der Waals surface area contributed by atoms with Crippen LogP contribution in [0.1, 0.15) is 5.01 Å². The van der Waals surface area contributed by atoms with Gasteiger partial charge in [-0.05, 0) is 20.3 Å². The van der Waals surface area contributed by atoms with Gasteiger partial charge in [-0.3, -0.25) is 0 Å². The number of hydrogen-bond donors (Lipinski definition) is 1. The zero-order chi connectivity index (χ0) is 12.4. The first kappa shape index (κ1) is 12.6. The largest absolute Gasteiger partial charge is 0.567 e. The normalized spacial score (nSPS) is 19.1. The molecule has 0 bridgehead atoms. The van der Waals surface area contributed by atoms with E-state index in [1.165, 1.54) is 24.5 Å². The molecule has 2 heterocycles. The van der Waals surface area contributed by atoms with Gasteiger partial charge in [0.05, 0.1) is 17.1 Å². The van der Waals surface area contributed by atoms with E-state index in [-0.39, 0.29) is 5.70 Å². The van der Waals surface area contributed by atoms with Crippen molar-refractivity contribution in [2.75, 3.05) is 7.11 Å². The quantitative estimate of drug-likeness (QED) is 0.641. The summed E-state index contributed by atoms with van der Waals surface area (Å²) < 4.78 is 23.0. The number of halogens is 1. The van der Waals surface area contributed by atoms with Crippen LogP contribution in [0.5, 0.6) is 0 Å². The number of aromatic nitrogens is 1. The van der Waals surface area contributed by atoms with Crippen LogP contribution in [0.2, 0.25) is 0 Å². The summed E-state index contributed by atoms with van der Waals surface area (Å²) in [5, 5.41) is 0.577. The molecule has 6 nitrogen and oxygen atoms in total. The molecule has 0 amide bonds. The molecular formula is C8H6BrN3O3S2. The third kappa shape index (κ3) is 2.86. The Balaban J connectivity index is 2.33. The highest BCUT2D eigenvalue weighted by Crippen LogP contribution is 2.22. The first-order valence-electron chi connectivity index (χ1n) is 4.29. The minimum absolute atomic E-state index is 0.0992. The maximum absolute atomic E-state index is 11.4. The maximum Gasteiger partial charge on any atom is 0.358 e. The number of nitrogens with one attached hydrogen (secondary N) is 1. The Bertz CT molecular complexity index is 514. The molecule has 0 radical (unpaired) electrons. The Hall–Kier alpha value is -0.900. The molecule has 17 heavy (non-hydrogen) atoms. The summed E-state index contributed by atoms with van der Waals surface area (Å²) in [6.07, 6.45) is 3.07. The van der Waals surface area contributed by atoms with E-state index in [9.17, 15) is 9.35 Å². The van der Waals surface area contributed by atoms with E-state index in [4.69, 9.17) is 0 Å². The van der Waals surface area contributed by atoms with Crippen molar-refractivity contribution in [2.24, 2.45) is 4.40 Å². The third-order valence-electron chi connectivity index (χ3n) is 1.76.